The van der Waals surface area contributed by atoms with Gasteiger partial charge in [0.2, 0.25) is 0 Å². The van der Waals surface area contributed by atoms with Gasteiger partial charge in [-0.05, 0) is 5.92 Å². The Labute approximate surface area is 86.1 Å². The van der Waals surface area contributed by atoms with Crippen LogP contribution in [0.15, 0.2) is 5.38 Å². The number of aromatic nitrogens is 1. The third-order valence-electron chi connectivity index (χ3n) is 1.36. The van der Waals surface area contributed by atoms with Gasteiger partial charge in [0.15, 0.2) is 10.7 Å². The van der Waals surface area contributed by atoms with Crippen LogP contribution in [-0.2, 0) is 4.74 Å². The molecule has 0 fully saturated rings. The molecule has 0 atom stereocenters. The summed E-state index contributed by atoms with van der Waals surface area (Å²) in [6.07, 6.45) is 0.632. The van der Waals surface area contributed by atoms with Gasteiger partial charge in [0.05, 0.1) is 7.11 Å². The third-order valence-corrected chi connectivity index (χ3v) is 2.12. The summed E-state index contributed by atoms with van der Waals surface area (Å²) in [5.41, 5.74) is 5.57. The molecule has 0 bridgehead atoms. The molecule has 1 rings (SSSR count). The average molecular weight is 210 g/mol. The van der Waals surface area contributed by atoms with E-state index in [2.05, 4.69) is 21.6 Å². The van der Waals surface area contributed by atoms with Crippen molar-refractivity contribution >= 4 is 17.3 Å². The summed E-state index contributed by atoms with van der Waals surface area (Å²) in [5, 5.41) is 2.23. The number of carbonyl (C=O) groups excluding carboxylic acids is 1. The van der Waals surface area contributed by atoms with Gasteiger partial charge >= 0.3 is 5.97 Å². The van der Waals surface area contributed by atoms with Crippen molar-refractivity contribution in [2.45, 2.75) is 6.42 Å². The molecule has 0 spiro atoms. The summed E-state index contributed by atoms with van der Waals surface area (Å²) in [4.78, 5) is 15.0. The Morgan fingerprint density at radius 1 is 1.79 bits per heavy atom. The first-order valence-corrected chi connectivity index (χ1v) is 4.88. The highest BCUT2D eigenvalue weighted by Gasteiger charge is 2.08. The number of thiazole rings is 1. The summed E-state index contributed by atoms with van der Waals surface area (Å²) in [6, 6.07) is 0. The zero-order chi connectivity index (χ0) is 10.4. The molecule has 74 valence electrons. The topological polar surface area (TPSA) is 65.2 Å². The summed E-state index contributed by atoms with van der Waals surface area (Å²) in [7, 11) is 1.32. The molecule has 0 unspecified atom stereocenters. The van der Waals surface area contributed by atoms with E-state index in [1.54, 1.807) is 5.38 Å². The fourth-order valence-electron chi connectivity index (χ4n) is 0.740. The van der Waals surface area contributed by atoms with E-state index >= 15 is 0 Å². The fraction of sp³-hybridized carbons (Fsp3) is 0.333. The lowest BCUT2D eigenvalue weighted by Gasteiger charge is -1.89. The molecule has 5 heteroatoms. The van der Waals surface area contributed by atoms with E-state index in [9.17, 15) is 4.79 Å². The standard InChI is InChI=1S/C9H10N2O2S/c1-13-9(12)7-6-14-8(11-7)4-2-3-5-10/h6H,3,5,10H2,1H3. The molecule has 1 aromatic rings. The summed E-state index contributed by atoms with van der Waals surface area (Å²) in [6.45, 7) is 0.530. The third kappa shape index (κ3) is 2.83. The lowest BCUT2D eigenvalue weighted by molar-refractivity contribution is 0.0595. The average Bonchev–Trinajstić information content (AvgIpc) is 2.66. The number of ether oxygens (including phenoxy) is 1. The van der Waals surface area contributed by atoms with Gasteiger partial charge in [-0.3, -0.25) is 0 Å². The maximum absolute atomic E-state index is 11.0. The lowest BCUT2D eigenvalue weighted by atomic mass is 10.4. The number of nitrogens with zero attached hydrogens (tertiary/aromatic N) is 1. The normalized spacial score (nSPS) is 9.00. The maximum Gasteiger partial charge on any atom is 0.357 e. The summed E-state index contributed by atoms with van der Waals surface area (Å²) in [5.74, 6) is 5.22. The van der Waals surface area contributed by atoms with Crippen LogP contribution >= 0.6 is 11.3 Å². The van der Waals surface area contributed by atoms with Crippen LogP contribution in [0, 0.1) is 11.8 Å². The molecule has 2 N–H and O–H groups in total. The minimum atomic E-state index is -0.437. The molecular formula is C9H10N2O2S. The number of rotatable bonds is 2. The van der Waals surface area contributed by atoms with Gasteiger partial charge in [-0.1, -0.05) is 5.92 Å². The molecule has 0 aliphatic carbocycles. The lowest BCUT2D eigenvalue weighted by Crippen LogP contribution is -2.01. The van der Waals surface area contributed by atoms with Crippen LogP contribution in [0.1, 0.15) is 21.9 Å². The van der Waals surface area contributed by atoms with Crippen LogP contribution in [-0.4, -0.2) is 24.6 Å². The predicted octanol–water partition coefficient (Wildman–Crippen LogP) is 0.630. The quantitative estimate of drug-likeness (QED) is 0.574. The van der Waals surface area contributed by atoms with Crippen molar-refractivity contribution in [1.29, 1.82) is 0 Å². The first-order valence-electron chi connectivity index (χ1n) is 4.00. The number of hydrogen-bond donors (Lipinski definition) is 1. The Bertz CT molecular complexity index is 376. The van der Waals surface area contributed by atoms with E-state index in [4.69, 9.17) is 5.73 Å². The summed E-state index contributed by atoms with van der Waals surface area (Å²) < 4.78 is 4.51. The Hall–Kier alpha value is -1.38. The van der Waals surface area contributed by atoms with Gasteiger partial charge in [0.25, 0.3) is 0 Å². The van der Waals surface area contributed by atoms with Gasteiger partial charge in [-0.2, -0.15) is 0 Å². The fourth-order valence-corrected chi connectivity index (χ4v) is 1.39. The van der Waals surface area contributed by atoms with Crippen LogP contribution in [0.4, 0.5) is 0 Å². The molecule has 0 saturated heterocycles. The van der Waals surface area contributed by atoms with Crippen molar-refractivity contribution < 1.29 is 9.53 Å². The second kappa shape index (κ2) is 5.37. The van der Waals surface area contributed by atoms with Gasteiger partial charge in [-0.25, -0.2) is 9.78 Å². The predicted molar refractivity (Wildman–Crippen MR) is 54.0 cm³/mol. The van der Waals surface area contributed by atoms with E-state index in [0.717, 1.165) is 0 Å². The molecule has 0 amide bonds. The van der Waals surface area contributed by atoms with Gasteiger partial charge in [0.1, 0.15) is 0 Å². The van der Waals surface area contributed by atoms with Crippen LogP contribution in [0.2, 0.25) is 0 Å². The molecule has 0 radical (unpaired) electrons. The van der Waals surface area contributed by atoms with E-state index in [1.165, 1.54) is 18.4 Å². The van der Waals surface area contributed by atoms with Crippen molar-refractivity contribution in [1.82, 2.24) is 4.98 Å². The van der Waals surface area contributed by atoms with Crippen LogP contribution in [0.5, 0.6) is 0 Å². The second-order valence-corrected chi connectivity index (χ2v) is 3.23. The molecule has 0 aromatic carbocycles. The molecule has 1 heterocycles. The van der Waals surface area contributed by atoms with Crippen LogP contribution < -0.4 is 5.73 Å². The zero-order valence-corrected chi connectivity index (χ0v) is 8.56. The largest absolute Gasteiger partial charge is 0.464 e. The Morgan fingerprint density at radius 2 is 2.57 bits per heavy atom. The number of carbonyl (C=O) groups is 1. The molecule has 0 aliphatic rings. The molecular weight excluding hydrogens is 200 g/mol. The molecule has 1 aromatic heterocycles. The number of nitrogens with two attached hydrogens (primary N) is 1. The van der Waals surface area contributed by atoms with Crippen molar-refractivity contribution in [3.63, 3.8) is 0 Å². The van der Waals surface area contributed by atoms with Crippen LogP contribution in [0.25, 0.3) is 0 Å². The summed E-state index contributed by atoms with van der Waals surface area (Å²) >= 11 is 1.32. The number of esters is 1. The zero-order valence-electron chi connectivity index (χ0n) is 7.74. The Kier molecular flexibility index (Phi) is 4.11. The monoisotopic (exact) mass is 210 g/mol. The Balaban J connectivity index is 2.70. The van der Waals surface area contributed by atoms with Crippen molar-refractivity contribution in [2.75, 3.05) is 13.7 Å². The maximum atomic E-state index is 11.0. The Morgan fingerprint density at radius 3 is 3.21 bits per heavy atom. The first kappa shape index (κ1) is 10.7. The smallest absolute Gasteiger partial charge is 0.357 e. The molecule has 4 nitrogen and oxygen atoms in total. The van der Waals surface area contributed by atoms with Crippen LogP contribution in [0.3, 0.4) is 0 Å². The highest BCUT2D eigenvalue weighted by Crippen LogP contribution is 2.08. The molecule has 0 saturated carbocycles. The second-order valence-electron chi connectivity index (χ2n) is 2.37. The molecule has 14 heavy (non-hydrogen) atoms. The van der Waals surface area contributed by atoms with Crippen molar-refractivity contribution in [3.8, 4) is 11.8 Å². The van der Waals surface area contributed by atoms with E-state index in [1.807, 2.05) is 0 Å². The van der Waals surface area contributed by atoms with Gasteiger partial charge in [-0.15, -0.1) is 11.3 Å². The van der Waals surface area contributed by atoms with Crippen molar-refractivity contribution in [2.24, 2.45) is 5.73 Å². The SMILES string of the molecule is COC(=O)c1csc(C#CCCN)n1. The number of methoxy groups -OCH3 is 1. The van der Waals surface area contributed by atoms with Gasteiger partial charge < -0.3 is 10.5 Å². The van der Waals surface area contributed by atoms with E-state index < -0.39 is 5.97 Å². The van der Waals surface area contributed by atoms with Crippen molar-refractivity contribution in [3.05, 3.63) is 16.1 Å². The first-order chi connectivity index (χ1) is 6.77. The molecule has 0 aliphatic heterocycles. The highest BCUT2D eigenvalue weighted by molar-refractivity contribution is 7.10. The van der Waals surface area contributed by atoms with Gasteiger partial charge in [0, 0.05) is 18.3 Å². The minimum absolute atomic E-state index is 0.301. The number of hydrogen-bond acceptors (Lipinski definition) is 5. The highest BCUT2D eigenvalue weighted by atomic mass is 32.1. The van der Waals surface area contributed by atoms with E-state index in [-0.39, 0.29) is 0 Å². The van der Waals surface area contributed by atoms with E-state index in [0.29, 0.717) is 23.7 Å². The minimum Gasteiger partial charge on any atom is -0.464 e.